The SMILES string of the molecule is COC(=O)[C@H]1C[C@@H](O)CCN1Cc1cc(C)ccc1-n1cccn1. The number of carbonyl (C=O) groups excluding carboxylic acids is 1. The van der Waals surface area contributed by atoms with Crippen molar-refractivity contribution in [2.45, 2.75) is 38.5 Å². The number of piperidine rings is 1. The van der Waals surface area contributed by atoms with Crippen molar-refractivity contribution in [3.8, 4) is 5.69 Å². The number of likely N-dealkylation sites (tertiary alicyclic amines) is 1. The van der Waals surface area contributed by atoms with Gasteiger partial charge in [0.25, 0.3) is 0 Å². The number of methoxy groups -OCH3 is 1. The number of rotatable bonds is 4. The minimum atomic E-state index is -0.451. The highest BCUT2D eigenvalue weighted by atomic mass is 16.5. The van der Waals surface area contributed by atoms with Gasteiger partial charge in [0.15, 0.2) is 0 Å². The number of aryl methyl sites for hydroxylation is 1. The summed E-state index contributed by atoms with van der Waals surface area (Å²) in [5.74, 6) is -0.290. The summed E-state index contributed by atoms with van der Waals surface area (Å²) in [5, 5.41) is 14.2. The number of ether oxygens (including phenoxy) is 1. The molecule has 1 aliphatic rings. The van der Waals surface area contributed by atoms with Crippen LogP contribution in [0.2, 0.25) is 0 Å². The second kappa shape index (κ2) is 7.15. The maximum absolute atomic E-state index is 12.1. The molecule has 1 aliphatic heterocycles. The predicted octanol–water partition coefficient (Wildman–Crippen LogP) is 1.68. The fraction of sp³-hybridized carbons (Fsp3) is 0.444. The minimum Gasteiger partial charge on any atom is -0.468 e. The number of aliphatic hydroxyl groups excluding tert-OH is 1. The Morgan fingerprint density at radius 2 is 2.29 bits per heavy atom. The van der Waals surface area contributed by atoms with Crippen molar-refractivity contribution in [1.29, 1.82) is 0 Å². The van der Waals surface area contributed by atoms with E-state index in [1.54, 1.807) is 6.20 Å². The maximum atomic E-state index is 12.1. The fourth-order valence-electron chi connectivity index (χ4n) is 3.26. The molecule has 24 heavy (non-hydrogen) atoms. The molecule has 0 bridgehead atoms. The van der Waals surface area contributed by atoms with E-state index in [0.717, 1.165) is 16.8 Å². The van der Waals surface area contributed by atoms with E-state index < -0.39 is 12.1 Å². The smallest absolute Gasteiger partial charge is 0.323 e. The van der Waals surface area contributed by atoms with E-state index in [1.807, 2.05) is 29.9 Å². The molecule has 0 saturated carbocycles. The zero-order chi connectivity index (χ0) is 17.1. The highest BCUT2D eigenvalue weighted by Gasteiger charge is 2.33. The summed E-state index contributed by atoms with van der Waals surface area (Å²) in [6, 6.07) is 7.70. The van der Waals surface area contributed by atoms with E-state index in [0.29, 0.717) is 25.9 Å². The van der Waals surface area contributed by atoms with Crippen LogP contribution in [-0.2, 0) is 16.1 Å². The van der Waals surface area contributed by atoms with Crippen LogP contribution >= 0.6 is 0 Å². The van der Waals surface area contributed by atoms with Gasteiger partial charge in [0, 0.05) is 25.5 Å². The second-order valence-electron chi connectivity index (χ2n) is 6.27. The van der Waals surface area contributed by atoms with Gasteiger partial charge in [-0.15, -0.1) is 0 Å². The summed E-state index contributed by atoms with van der Waals surface area (Å²) < 4.78 is 6.76. The topological polar surface area (TPSA) is 67.6 Å². The van der Waals surface area contributed by atoms with Crippen LogP contribution in [0.15, 0.2) is 36.7 Å². The lowest BCUT2D eigenvalue weighted by atomic mass is 9.98. The van der Waals surface area contributed by atoms with Gasteiger partial charge in [0.2, 0.25) is 0 Å². The Labute approximate surface area is 141 Å². The molecule has 0 amide bonds. The van der Waals surface area contributed by atoms with Gasteiger partial charge in [-0.25, -0.2) is 4.68 Å². The lowest BCUT2D eigenvalue weighted by molar-refractivity contribution is -0.150. The number of hydrogen-bond acceptors (Lipinski definition) is 5. The molecule has 6 heteroatoms. The number of benzene rings is 1. The van der Waals surface area contributed by atoms with E-state index in [9.17, 15) is 9.90 Å². The van der Waals surface area contributed by atoms with Crippen LogP contribution in [-0.4, -0.2) is 51.6 Å². The van der Waals surface area contributed by atoms with Crippen molar-refractivity contribution >= 4 is 5.97 Å². The van der Waals surface area contributed by atoms with Gasteiger partial charge in [0.05, 0.1) is 18.9 Å². The number of aliphatic hydroxyl groups is 1. The number of nitrogens with zero attached hydrogens (tertiary/aromatic N) is 3. The molecule has 0 spiro atoms. The van der Waals surface area contributed by atoms with Crippen molar-refractivity contribution in [1.82, 2.24) is 14.7 Å². The molecule has 0 unspecified atom stereocenters. The van der Waals surface area contributed by atoms with E-state index >= 15 is 0 Å². The van der Waals surface area contributed by atoms with Crippen molar-refractivity contribution in [2.24, 2.45) is 0 Å². The van der Waals surface area contributed by atoms with Crippen LogP contribution in [0.4, 0.5) is 0 Å². The van der Waals surface area contributed by atoms with Crippen molar-refractivity contribution in [2.75, 3.05) is 13.7 Å². The first-order chi connectivity index (χ1) is 11.6. The lowest BCUT2D eigenvalue weighted by Crippen LogP contribution is -2.48. The summed E-state index contributed by atoms with van der Waals surface area (Å²) in [6.45, 7) is 3.32. The Kier molecular flexibility index (Phi) is 4.97. The summed E-state index contributed by atoms with van der Waals surface area (Å²) in [6.07, 6.45) is 4.28. The molecule has 3 rings (SSSR count). The average molecular weight is 329 g/mol. The first-order valence-electron chi connectivity index (χ1n) is 8.18. The number of esters is 1. The van der Waals surface area contributed by atoms with Crippen molar-refractivity contribution in [3.05, 3.63) is 47.8 Å². The van der Waals surface area contributed by atoms with Crippen LogP contribution in [0, 0.1) is 6.92 Å². The normalized spacial score (nSPS) is 21.6. The Morgan fingerprint density at radius 1 is 1.46 bits per heavy atom. The Hall–Kier alpha value is -2.18. The molecule has 6 nitrogen and oxygen atoms in total. The average Bonchev–Trinajstić information content (AvgIpc) is 3.10. The maximum Gasteiger partial charge on any atom is 0.323 e. The van der Waals surface area contributed by atoms with Gasteiger partial charge >= 0.3 is 5.97 Å². The van der Waals surface area contributed by atoms with Crippen molar-refractivity contribution in [3.63, 3.8) is 0 Å². The third kappa shape index (κ3) is 3.49. The minimum absolute atomic E-state index is 0.290. The molecule has 0 radical (unpaired) electrons. The van der Waals surface area contributed by atoms with Gasteiger partial charge in [-0.2, -0.15) is 5.10 Å². The number of carbonyl (C=O) groups is 1. The van der Waals surface area contributed by atoms with Crippen LogP contribution in [0.3, 0.4) is 0 Å². The van der Waals surface area contributed by atoms with Crippen molar-refractivity contribution < 1.29 is 14.6 Å². The van der Waals surface area contributed by atoms with E-state index in [2.05, 4.69) is 22.1 Å². The summed E-state index contributed by atoms with van der Waals surface area (Å²) in [5.41, 5.74) is 3.26. The molecule has 1 aromatic heterocycles. The Morgan fingerprint density at radius 3 is 3.00 bits per heavy atom. The van der Waals surface area contributed by atoms with Crippen LogP contribution in [0.1, 0.15) is 24.0 Å². The number of hydrogen-bond donors (Lipinski definition) is 1. The molecule has 2 aromatic rings. The quantitative estimate of drug-likeness (QED) is 0.865. The van der Waals surface area contributed by atoms with Gasteiger partial charge in [-0.3, -0.25) is 9.69 Å². The molecule has 1 N–H and O–H groups in total. The van der Waals surface area contributed by atoms with E-state index in [4.69, 9.17) is 4.74 Å². The summed E-state index contributed by atoms with van der Waals surface area (Å²) >= 11 is 0. The van der Waals surface area contributed by atoms with Gasteiger partial charge in [-0.1, -0.05) is 17.7 Å². The third-order valence-corrected chi connectivity index (χ3v) is 4.52. The predicted molar refractivity (Wildman–Crippen MR) is 89.8 cm³/mol. The highest BCUT2D eigenvalue weighted by molar-refractivity contribution is 5.75. The molecule has 1 saturated heterocycles. The van der Waals surface area contributed by atoms with Gasteiger partial charge in [0.1, 0.15) is 6.04 Å². The van der Waals surface area contributed by atoms with Crippen LogP contribution < -0.4 is 0 Å². The monoisotopic (exact) mass is 329 g/mol. The van der Waals surface area contributed by atoms with Crippen LogP contribution in [0.5, 0.6) is 0 Å². The van der Waals surface area contributed by atoms with Gasteiger partial charge in [-0.05, 0) is 37.5 Å². The van der Waals surface area contributed by atoms with E-state index in [1.165, 1.54) is 7.11 Å². The van der Waals surface area contributed by atoms with E-state index in [-0.39, 0.29) is 5.97 Å². The van der Waals surface area contributed by atoms with Gasteiger partial charge < -0.3 is 9.84 Å². The Balaban J connectivity index is 1.89. The molecule has 128 valence electrons. The number of aromatic nitrogens is 2. The largest absolute Gasteiger partial charge is 0.468 e. The van der Waals surface area contributed by atoms with Crippen LogP contribution in [0.25, 0.3) is 5.69 Å². The lowest BCUT2D eigenvalue weighted by Gasteiger charge is -2.36. The zero-order valence-corrected chi connectivity index (χ0v) is 14.1. The summed E-state index contributed by atoms with van der Waals surface area (Å²) in [7, 11) is 1.39. The second-order valence-corrected chi connectivity index (χ2v) is 6.27. The third-order valence-electron chi connectivity index (χ3n) is 4.52. The standard InChI is InChI=1S/C18H23N3O3/c1-13-4-5-16(21-8-3-7-19-21)14(10-13)12-20-9-6-15(22)11-17(20)18(23)24-2/h3-5,7-8,10,15,17,22H,6,9,11-12H2,1-2H3/t15-,17+/m0/s1. The fourth-order valence-corrected chi connectivity index (χ4v) is 3.26. The molecular weight excluding hydrogens is 306 g/mol. The molecule has 0 aliphatic carbocycles. The first kappa shape index (κ1) is 16.7. The Bertz CT molecular complexity index is 700. The molecule has 2 heterocycles. The first-order valence-corrected chi connectivity index (χ1v) is 8.18. The zero-order valence-electron chi connectivity index (χ0n) is 14.1. The molecule has 1 fully saturated rings. The molecular formula is C18H23N3O3. The highest BCUT2D eigenvalue weighted by Crippen LogP contribution is 2.24. The molecule has 1 aromatic carbocycles. The summed E-state index contributed by atoms with van der Waals surface area (Å²) in [4.78, 5) is 14.2. The molecule has 2 atom stereocenters.